The molecular formula is C23H36N2O9S. The van der Waals surface area contributed by atoms with Crippen LogP contribution in [0.1, 0.15) is 66.7 Å². The molecule has 3 amide bonds. The number of carboxylic acids is 1. The van der Waals surface area contributed by atoms with E-state index in [-0.39, 0.29) is 38.1 Å². The molecule has 1 saturated heterocycles. The first-order chi connectivity index (χ1) is 16.1. The number of hydroxylamine groups is 2. The standard InChI is InChI=1S/C23H36N2O9S/c1-13(2)24-18(28)14(11-22(3,4)20(30)31)10-15(12-23(5,35-7)21(32)33-6)19(29)34-25-16(26)8-9-17(25)27/h13-15H,8-12H2,1-7H3,(H,24,28)(H,30,31). The number of nitrogens with zero attached hydrogens (tertiary/aromatic N) is 1. The smallest absolute Gasteiger partial charge is 0.336 e. The summed E-state index contributed by atoms with van der Waals surface area (Å²) in [5.41, 5.74) is -1.29. The zero-order valence-electron chi connectivity index (χ0n) is 21.3. The molecule has 1 aliphatic rings. The molecule has 0 aromatic rings. The van der Waals surface area contributed by atoms with Crippen molar-refractivity contribution >= 4 is 47.4 Å². The number of hydrogen-bond donors (Lipinski definition) is 2. The summed E-state index contributed by atoms with van der Waals surface area (Å²) >= 11 is 1.13. The first kappa shape index (κ1) is 30.4. The van der Waals surface area contributed by atoms with Gasteiger partial charge in [-0.15, -0.1) is 16.8 Å². The van der Waals surface area contributed by atoms with Gasteiger partial charge in [-0.2, -0.15) is 0 Å². The monoisotopic (exact) mass is 516 g/mol. The number of carbonyl (C=O) groups excluding carboxylic acids is 5. The van der Waals surface area contributed by atoms with Crippen molar-refractivity contribution in [3.8, 4) is 0 Å². The van der Waals surface area contributed by atoms with Crippen LogP contribution in [0.4, 0.5) is 0 Å². The second kappa shape index (κ2) is 12.4. The predicted molar refractivity (Wildman–Crippen MR) is 127 cm³/mol. The number of carbonyl (C=O) groups is 6. The van der Waals surface area contributed by atoms with Crippen LogP contribution in [0.25, 0.3) is 0 Å². The van der Waals surface area contributed by atoms with Crippen molar-refractivity contribution in [3.63, 3.8) is 0 Å². The Kier molecular flexibility index (Phi) is 10.7. The van der Waals surface area contributed by atoms with Crippen molar-refractivity contribution in [1.29, 1.82) is 0 Å². The van der Waals surface area contributed by atoms with Gasteiger partial charge in [0, 0.05) is 24.8 Å². The zero-order chi connectivity index (χ0) is 27.1. The fourth-order valence-corrected chi connectivity index (χ4v) is 4.37. The molecule has 1 fully saturated rings. The Balaban J connectivity index is 3.36. The number of esters is 1. The van der Waals surface area contributed by atoms with Gasteiger partial charge < -0.3 is 20.0 Å². The Morgan fingerprint density at radius 3 is 2.03 bits per heavy atom. The molecule has 1 heterocycles. The SMILES string of the molecule is COC(=O)C(C)(CC(CC(CC(C)(C)C(=O)O)C(=O)NC(C)C)C(=O)ON1C(=O)CCC1=O)SC. The molecular weight excluding hydrogens is 480 g/mol. The number of thioether (sulfide) groups is 1. The summed E-state index contributed by atoms with van der Waals surface area (Å²) in [7, 11) is 1.21. The fourth-order valence-electron chi connectivity index (χ4n) is 3.75. The van der Waals surface area contributed by atoms with Gasteiger partial charge in [0.05, 0.1) is 18.4 Å². The van der Waals surface area contributed by atoms with Gasteiger partial charge in [-0.05, 0) is 60.1 Å². The molecule has 0 radical (unpaired) electrons. The van der Waals surface area contributed by atoms with E-state index < -0.39 is 57.6 Å². The van der Waals surface area contributed by atoms with E-state index in [0.29, 0.717) is 5.06 Å². The highest BCUT2D eigenvalue weighted by Crippen LogP contribution is 2.37. The number of carboxylic acid groups (broad SMARTS) is 1. The number of ether oxygens (including phenoxy) is 1. The van der Waals surface area contributed by atoms with E-state index >= 15 is 0 Å². The lowest BCUT2D eigenvalue weighted by Crippen LogP contribution is -2.43. The molecule has 198 valence electrons. The Bertz CT molecular complexity index is 842. The highest BCUT2D eigenvalue weighted by atomic mass is 32.2. The molecule has 0 aromatic heterocycles. The first-order valence-corrected chi connectivity index (χ1v) is 12.5. The molecule has 0 bridgehead atoms. The maximum atomic E-state index is 13.2. The summed E-state index contributed by atoms with van der Waals surface area (Å²) in [6, 6.07) is -0.241. The van der Waals surface area contributed by atoms with Crippen molar-refractivity contribution in [1.82, 2.24) is 10.4 Å². The lowest BCUT2D eigenvalue weighted by molar-refractivity contribution is -0.201. The Labute approximate surface area is 209 Å². The largest absolute Gasteiger partial charge is 0.481 e. The third-order valence-electron chi connectivity index (χ3n) is 5.93. The molecule has 11 nitrogen and oxygen atoms in total. The Hall–Kier alpha value is -2.63. The minimum absolute atomic E-state index is 0.0896. The molecule has 2 N–H and O–H groups in total. The maximum Gasteiger partial charge on any atom is 0.336 e. The van der Waals surface area contributed by atoms with E-state index in [4.69, 9.17) is 9.57 Å². The van der Waals surface area contributed by atoms with Gasteiger partial charge in [0.25, 0.3) is 11.8 Å². The molecule has 0 aromatic carbocycles. The maximum absolute atomic E-state index is 13.2. The minimum Gasteiger partial charge on any atom is -0.481 e. The highest BCUT2D eigenvalue weighted by Gasteiger charge is 2.44. The van der Waals surface area contributed by atoms with Gasteiger partial charge in [-0.1, -0.05) is 0 Å². The highest BCUT2D eigenvalue weighted by molar-refractivity contribution is 8.00. The number of amides is 3. The van der Waals surface area contributed by atoms with Crippen LogP contribution < -0.4 is 5.32 Å². The molecule has 0 aliphatic carbocycles. The number of nitrogens with one attached hydrogen (secondary N) is 1. The van der Waals surface area contributed by atoms with E-state index in [9.17, 15) is 33.9 Å². The van der Waals surface area contributed by atoms with Crippen LogP contribution in [0, 0.1) is 17.3 Å². The van der Waals surface area contributed by atoms with E-state index in [0.717, 1.165) is 11.8 Å². The molecule has 12 heteroatoms. The first-order valence-electron chi connectivity index (χ1n) is 11.3. The lowest BCUT2D eigenvalue weighted by Gasteiger charge is -2.32. The van der Waals surface area contributed by atoms with Gasteiger partial charge in [0.1, 0.15) is 4.75 Å². The summed E-state index contributed by atoms with van der Waals surface area (Å²) in [5.74, 6) is -6.53. The van der Waals surface area contributed by atoms with E-state index in [2.05, 4.69) is 5.32 Å². The quantitative estimate of drug-likeness (QED) is 0.274. The van der Waals surface area contributed by atoms with E-state index in [1.165, 1.54) is 21.0 Å². The summed E-state index contributed by atoms with van der Waals surface area (Å²) in [5, 5.41) is 12.8. The van der Waals surface area contributed by atoms with Gasteiger partial charge >= 0.3 is 17.9 Å². The summed E-state index contributed by atoms with van der Waals surface area (Å²) in [6.45, 7) is 8.01. The number of rotatable bonds is 13. The van der Waals surface area contributed by atoms with Crippen LogP contribution in [-0.4, -0.2) is 70.0 Å². The summed E-state index contributed by atoms with van der Waals surface area (Å²) in [6.07, 6.45) is 1.08. The van der Waals surface area contributed by atoms with Gasteiger partial charge in [-0.3, -0.25) is 24.0 Å². The molecule has 0 spiro atoms. The van der Waals surface area contributed by atoms with Crippen molar-refractivity contribution in [2.75, 3.05) is 13.4 Å². The molecule has 1 rings (SSSR count). The second-order valence-electron chi connectivity index (χ2n) is 9.81. The second-order valence-corrected chi connectivity index (χ2v) is 11.1. The van der Waals surface area contributed by atoms with E-state index in [1.54, 1.807) is 27.0 Å². The molecule has 35 heavy (non-hydrogen) atoms. The number of methoxy groups -OCH3 is 1. The third-order valence-corrected chi connectivity index (χ3v) is 7.16. The minimum atomic E-state index is -1.29. The molecule has 1 aliphatic heterocycles. The van der Waals surface area contributed by atoms with Crippen LogP contribution in [-0.2, 0) is 38.3 Å². The predicted octanol–water partition coefficient (Wildman–Crippen LogP) is 1.93. The van der Waals surface area contributed by atoms with Crippen LogP contribution >= 0.6 is 11.8 Å². The Morgan fingerprint density at radius 1 is 1.06 bits per heavy atom. The average molecular weight is 517 g/mol. The molecule has 3 unspecified atom stereocenters. The van der Waals surface area contributed by atoms with Gasteiger partial charge in [0.15, 0.2) is 0 Å². The molecule has 0 saturated carbocycles. The third kappa shape index (κ3) is 8.22. The van der Waals surface area contributed by atoms with Crippen LogP contribution in [0.2, 0.25) is 0 Å². The summed E-state index contributed by atoms with van der Waals surface area (Å²) in [4.78, 5) is 79.5. The number of aliphatic carboxylic acids is 1. The molecule has 3 atom stereocenters. The van der Waals surface area contributed by atoms with Crippen LogP contribution in [0.3, 0.4) is 0 Å². The Morgan fingerprint density at radius 2 is 1.60 bits per heavy atom. The normalized spacial score (nSPS) is 17.5. The number of imide groups is 1. The van der Waals surface area contributed by atoms with Crippen LogP contribution in [0.5, 0.6) is 0 Å². The summed E-state index contributed by atoms with van der Waals surface area (Å²) < 4.78 is 3.67. The lowest BCUT2D eigenvalue weighted by atomic mass is 9.77. The van der Waals surface area contributed by atoms with Crippen LogP contribution in [0.15, 0.2) is 0 Å². The van der Waals surface area contributed by atoms with Crippen molar-refractivity contribution in [2.45, 2.75) is 77.5 Å². The van der Waals surface area contributed by atoms with Crippen molar-refractivity contribution in [3.05, 3.63) is 0 Å². The number of hydrogen-bond acceptors (Lipinski definition) is 9. The van der Waals surface area contributed by atoms with E-state index in [1.807, 2.05) is 0 Å². The van der Waals surface area contributed by atoms with Gasteiger partial charge in [0.2, 0.25) is 5.91 Å². The van der Waals surface area contributed by atoms with Crippen molar-refractivity contribution in [2.24, 2.45) is 17.3 Å². The zero-order valence-corrected chi connectivity index (χ0v) is 22.2. The fraction of sp³-hybridized carbons (Fsp3) is 0.739. The topological polar surface area (TPSA) is 156 Å². The van der Waals surface area contributed by atoms with Gasteiger partial charge in [-0.25, -0.2) is 4.79 Å². The van der Waals surface area contributed by atoms with Crippen molar-refractivity contribution < 1.29 is 43.4 Å². The average Bonchev–Trinajstić information content (AvgIpc) is 3.08.